The van der Waals surface area contributed by atoms with Gasteiger partial charge >= 0.3 is 0 Å². The monoisotopic (exact) mass is 470 g/mol. The van der Waals surface area contributed by atoms with E-state index in [0.29, 0.717) is 22.9 Å². The van der Waals surface area contributed by atoms with Crippen molar-refractivity contribution in [1.29, 1.82) is 0 Å². The number of carbonyl (C=O) groups excluding carboxylic acids is 2. The van der Waals surface area contributed by atoms with E-state index in [1.807, 2.05) is 60.8 Å². The number of amides is 2. The maximum absolute atomic E-state index is 12.8. The molecule has 0 saturated heterocycles. The summed E-state index contributed by atoms with van der Waals surface area (Å²) in [5, 5.41) is 8.19. The van der Waals surface area contributed by atoms with E-state index in [2.05, 4.69) is 32.7 Å². The van der Waals surface area contributed by atoms with Crippen LogP contribution in [0.1, 0.15) is 35.0 Å². The van der Waals surface area contributed by atoms with Crippen LogP contribution < -0.4 is 10.6 Å². The average Bonchev–Trinajstić information content (AvgIpc) is 3.31. The minimum absolute atomic E-state index is 0.00241. The second-order valence-electron chi connectivity index (χ2n) is 7.97. The first-order valence-electron chi connectivity index (χ1n) is 11.1. The fourth-order valence-corrected chi connectivity index (χ4v) is 4.31. The predicted octanol–water partition coefficient (Wildman–Crippen LogP) is 5.50. The van der Waals surface area contributed by atoms with Crippen molar-refractivity contribution in [1.82, 2.24) is 15.3 Å². The van der Waals surface area contributed by atoms with Crippen LogP contribution in [0.5, 0.6) is 0 Å². The minimum Gasteiger partial charge on any atom is -0.356 e. The van der Waals surface area contributed by atoms with Gasteiger partial charge in [-0.1, -0.05) is 54.6 Å². The molecule has 6 nitrogen and oxygen atoms in total. The molecule has 0 spiro atoms. The second-order valence-corrected chi connectivity index (χ2v) is 8.83. The van der Waals surface area contributed by atoms with E-state index in [4.69, 9.17) is 0 Å². The number of aryl methyl sites for hydroxylation is 2. The van der Waals surface area contributed by atoms with Gasteiger partial charge < -0.3 is 5.32 Å². The molecule has 0 aliphatic rings. The lowest BCUT2D eigenvalue weighted by molar-refractivity contribution is -0.118. The van der Waals surface area contributed by atoms with Crippen molar-refractivity contribution in [3.63, 3.8) is 0 Å². The number of benzene rings is 2. The fourth-order valence-electron chi connectivity index (χ4n) is 3.60. The van der Waals surface area contributed by atoms with E-state index >= 15 is 0 Å². The van der Waals surface area contributed by atoms with Crippen molar-refractivity contribution in [3.05, 3.63) is 88.9 Å². The van der Waals surface area contributed by atoms with Crippen molar-refractivity contribution < 1.29 is 9.59 Å². The predicted molar refractivity (Wildman–Crippen MR) is 137 cm³/mol. The summed E-state index contributed by atoms with van der Waals surface area (Å²) in [6, 6.07) is 21.8. The Morgan fingerprint density at radius 1 is 0.882 bits per heavy atom. The maximum atomic E-state index is 12.8. The molecule has 4 aromatic rings. The number of nitrogens with zero attached hydrogens (tertiary/aromatic N) is 2. The molecular weight excluding hydrogens is 444 g/mol. The van der Waals surface area contributed by atoms with Gasteiger partial charge in [-0.05, 0) is 37.5 Å². The van der Waals surface area contributed by atoms with Gasteiger partial charge in [0.15, 0.2) is 5.13 Å². The Morgan fingerprint density at radius 3 is 2.32 bits per heavy atom. The van der Waals surface area contributed by atoms with Crippen LogP contribution in [0.25, 0.3) is 22.5 Å². The highest BCUT2D eigenvalue weighted by Crippen LogP contribution is 2.26. The molecule has 4 rings (SSSR count). The summed E-state index contributed by atoms with van der Waals surface area (Å²) in [6.07, 6.45) is 1.79. The molecule has 2 amide bonds. The highest BCUT2D eigenvalue weighted by Gasteiger charge is 2.14. The molecule has 0 bridgehead atoms. The van der Waals surface area contributed by atoms with Crippen LogP contribution in [0.2, 0.25) is 0 Å². The molecule has 0 fully saturated rings. The Bertz CT molecular complexity index is 1280. The van der Waals surface area contributed by atoms with Crippen LogP contribution in [0.3, 0.4) is 0 Å². The maximum Gasteiger partial charge on any atom is 0.259 e. The van der Waals surface area contributed by atoms with Crippen molar-refractivity contribution >= 4 is 28.3 Å². The first kappa shape index (κ1) is 23.3. The van der Waals surface area contributed by atoms with Crippen LogP contribution >= 0.6 is 11.3 Å². The third-order valence-electron chi connectivity index (χ3n) is 5.39. The van der Waals surface area contributed by atoms with Gasteiger partial charge in [-0.3, -0.25) is 19.9 Å². The number of pyridine rings is 1. The normalized spacial score (nSPS) is 10.6. The Labute approximate surface area is 203 Å². The van der Waals surface area contributed by atoms with E-state index in [0.717, 1.165) is 35.4 Å². The smallest absolute Gasteiger partial charge is 0.259 e. The Balaban J connectivity index is 1.38. The van der Waals surface area contributed by atoms with Crippen LogP contribution in [0.15, 0.2) is 72.1 Å². The van der Waals surface area contributed by atoms with Gasteiger partial charge in [0.25, 0.3) is 5.91 Å². The number of anilines is 1. The van der Waals surface area contributed by atoms with Gasteiger partial charge in [0.2, 0.25) is 5.91 Å². The zero-order valence-electron chi connectivity index (χ0n) is 19.2. The first-order chi connectivity index (χ1) is 16.5. The number of aromatic nitrogens is 2. The quantitative estimate of drug-likeness (QED) is 0.333. The molecule has 2 N–H and O–H groups in total. The van der Waals surface area contributed by atoms with Crippen LogP contribution in [0.4, 0.5) is 5.13 Å². The average molecular weight is 471 g/mol. The number of rotatable bonds is 8. The molecule has 172 valence electrons. The van der Waals surface area contributed by atoms with Crippen molar-refractivity contribution in [2.45, 2.75) is 26.7 Å². The zero-order valence-corrected chi connectivity index (χ0v) is 20.0. The molecule has 34 heavy (non-hydrogen) atoms. The molecule has 2 aromatic carbocycles. The lowest BCUT2D eigenvalue weighted by Gasteiger charge is -2.07. The first-order valence-corrected chi connectivity index (χ1v) is 12.0. The summed E-state index contributed by atoms with van der Waals surface area (Å²) in [5.41, 5.74) is 6.07. The van der Waals surface area contributed by atoms with Gasteiger partial charge in [-0.2, -0.15) is 0 Å². The van der Waals surface area contributed by atoms with E-state index in [-0.39, 0.29) is 11.8 Å². The summed E-state index contributed by atoms with van der Waals surface area (Å²) in [6.45, 7) is 4.04. The van der Waals surface area contributed by atoms with Crippen molar-refractivity contribution in [2.75, 3.05) is 11.9 Å². The molecule has 0 saturated carbocycles. The van der Waals surface area contributed by atoms with Gasteiger partial charge in [0.05, 0.1) is 22.6 Å². The summed E-state index contributed by atoms with van der Waals surface area (Å²) >= 11 is 1.39. The number of hydrogen-bond donors (Lipinski definition) is 2. The molecule has 0 atom stereocenters. The summed E-state index contributed by atoms with van der Waals surface area (Å²) in [7, 11) is 0. The molecule has 0 aliphatic heterocycles. The molecule has 2 aromatic heterocycles. The fraction of sp³-hybridized carbons (Fsp3) is 0.185. The molecule has 7 heteroatoms. The molecule has 0 unspecified atom stereocenters. The number of nitrogens with one attached hydrogen (secondary N) is 2. The molecule has 0 radical (unpaired) electrons. The van der Waals surface area contributed by atoms with Gasteiger partial charge in [0.1, 0.15) is 0 Å². The summed E-state index contributed by atoms with van der Waals surface area (Å²) in [4.78, 5) is 33.0. The number of hydrogen-bond acceptors (Lipinski definition) is 5. The number of thiazole rings is 1. The Hall–Kier alpha value is -3.84. The third-order valence-corrected chi connectivity index (χ3v) is 6.15. The van der Waals surface area contributed by atoms with Gasteiger partial charge in [-0.25, -0.2) is 4.98 Å². The highest BCUT2D eigenvalue weighted by atomic mass is 32.1. The van der Waals surface area contributed by atoms with Crippen molar-refractivity contribution in [2.24, 2.45) is 0 Å². The highest BCUT2D eigenvalue weighted by molar-refractivity contribution is 7.14. The molecular formula is C27H26N4O2S. The molecule has 0 aliphatic carbocycles. The standard InChI is InChI=1S/C27H26N4O2S/c1-18-23(14-15-24(29-18)21-8-4-3-5-9-21)26(33)31-27-30-25(17-34-27)22-12-10-20(11-13-22)7-6-16-28-19(2)32/h3-5,8-15,17H,6-7,16H2,1-2H3,(H,28,32)(H,30,31,33). The van der Waals surface area contributed by atoms with Crippen LogP contribution in [-0.2, 0) is 11.2 Å². The third kappa shape index (κ3) is 5.94. The largest absolute Gasteiger partial charge is 0.356 e. The van der Waals surface area contributed by atoms with Crippen LogP contribution in [0, 0.1) is 6.92 Å². The van der Waals surface area contributed by atoms with E-state index in [1.54, 1.807) is 6.07 Å². The Kier molecular flexibility index (Phi) is 7.44. The lowest BCUT2D eigenvalue weighted by Crippen LogP contribution is -2.21. The van der Waals surface area contributed by atoms with Gasteiger partial charge in [0, 0.05) is 30.0 Å². The van der Waals surface area contributed by atoms with E-state index in [1.165, 1.54) is 23.8 Å². The summed E-state index contributed by atoms with van der Waals surface area (Å²) < 4.78 is 0. The van der Waals surface area contributed by atoms with Gasteiger partial charge in [-0.15, -0.1) is 11.3 Å². The van der Waals surface area contributed by atoms with E-state index < -0.39 is 0 Å². The van der Waals surface area contributed by atoms with E-state index in [9.17, 15) is 9.59 Å². The van der Waals surface area contributed by atoms with Crippen LogP contribution in [-0.4, -0.2) is 28.3 Å². The second kappa shape index (κ2) is 10.9. The lowest BCUT2D eigenvalue weighted by atomic mass is 10.1. The summed E-state index contributed by atoms with van der Waals surface area (Å²) in [5.74, 6) is -0.225. The molecule has 2 heterocycles. The topological polar surface area (TPSA) is 84.0 Å². The zero-order chi connectivity index (χ0) is 23.9. The SMILES string of the molecule is CC(=O)NCCCc1ccc(-c2csc(NC(=O)c3ccc(-c4ccccc4)nc3C)n2)cc1. The van der Waals surface area contributed by atoms with Crippen molar-refractivity contribution in [3.8, 4) is 22.5 Å². The Morgan fingerprint density at radius 2 is 1.62 bits per heavy atom. The number of carbonyl (C=O) groups is 2. The minimum atomic E-state index is -0.222.